The maximum atomic E-state index is 5.79. The van der Waals surface area contributed by atoms with E-state index in [9.17, 15) is 0 Å². The Hall–Kier alpha value is -0.0600. The first kappa shape index (κ1) is 12.4. The van der Waals surface area contributed by atoms with Gasteiger partial charge >= 0.3 is 0 Å². The van der Waals surface area contributed by atoms with Crippen LogP contribution in [0.2, 0.25) is 0 Å². The Labute approximate surface area is 106 Å². The summed E-state index contributed by atoms with van der Waals surface area (Å²) < 4.78 is 0. The summed E-state index contributed by atoms with van der Waals surface area (Å²) in [5.74, 6) is 1.34. The molecule has 2 atom stereocenters. The molecular formula is C12H20N2S2. The predicted molar refractivity (Wildman–Crippen MR) is 73.3 cm³/mol. The van der Waals surface area contributed by atoms with E-state index in [1.54, 1.807) is 0 Å². The highest BCUT2D eigenvalue weighted by atomic mass is 32.2. The van der Waals surface area contributed by atoms with Crippen molar-refractivity contribution in [1.29, 1.82) is 0 Å². The van der Waals surface area contributed by atoms with Crippen LogP contribution in [0.25, 0.3) is 0 Å². The first-order valence-electron chi connectivity index (χ1n) is 6.05. The first-order valence-corrected chi connectivity index (χ1v) is 7.91. The Balaban J connectivity index is 1.86. The Morgan fingerprint density at radius 1 is 1.56 bits per heavy atom. The molecule has 1 aliphatic rings. The van der Waals surface area contributed by atoms with Crippen LogP contribution in [-0.2, 0) is 12.8 Å². The summed E-state index contributed by atoms with van der Waals surface area (Å²) in [6.45, 7) is 2.05. The lowest BCUT2D eigenvalue weighted by Crippen LogP contribution is -2.16. The smallest absolute Gasteiger partial charge is 0.0938 e. The largest absolute Gasteiger partial charge is 0.328 e. The van der Waals surface area contributed by atoms with Crippen LogP contribution in [-0.4, -0.2) is 22.0 Å². The number of hydrogen-bond donors (Lipinski definition) is 1. The Morgan fingerprint density at radius 3 is 3.12 bits per heavy atom. The fraction of sp³-hybridized carbons (Fsp3) is 0.750. The molecule has 0 saturated carbocycles. The Bertz CT molecular complexity index is 317. The molecule has 0 bridgehead atoms. The lowest BCUT2D eigenvalue weighted by atomic mass is 10.1. The summed E-state index contributed by atoms with van der Waals surface area (Å²) in [6, 6.07) is 0.248. The zero-order valence-electron chi connectivity index (χ0n) is 9.82. The van der Waals surface area contributed by atoms with Gasteiger partial charge < -0.3 is 5.73 Å². The molecule has 2 heterocycles. The standard InChI is InChI=1S/C12H20N2S2/c1-9(13)6-11-8-14-12(16-11)7-10-4-2-3-5-15-10/h8-10H,2-7,13H2,1H3. The van der Waals surface area contributed by atoms with Crippen molar-refractivity contribution >= 4 is 23.1 Å². The van der Waals surface area contributed by atoms with E-state index in [0.29, 0.717) is 0 Å². The van der Waals surface area contributed by atoms with Crippen molar-refractivity contribution in [2.45, 2.75) is 50.3 Å². The maximum absolute atomic E-state index is 5.79. The van der Waals surface area contributed by atoms with Gasteiger partial charge in [-0.3, -0.25) is 0 Å². The zero-order valence-corrected chi connectivity index (χ0v) is 11.4. The highest BCUT2D eigenvalue weighted by molar-refractivity contribution is 7.99. The van der Waals surface area contributed by atoms with Gasteiger partial charge in [-0.25, -0.2) is 4.98 Å². The molecule has 4 heteroatoms. The number of nitrogens with zero attached hydrogens (tertiary/aromatic N) is 1. The second-order valence-corrected chi connectivity index (χ2v) is 7.20. The van der Waals surface area contributed by atoms with Gasteiger partial charge in [-0.05, 0) is 31.9 Å². The summed E-state index contributed by atoms with van der Waals surface area (Å²) in [4.78, 5) is 5.85. The van der Waals surface area contributed by atoms with Crippen LogP contribution in [0.4, 0.5) is 0 Å². The molecule has 1 fully saturated rings. The lowest BCUT2D eigenvalue weighted by Gasteiger charge is -2.19. The second kappa shape index (κ2) is 6.03. The number of rotatable bonds is 4. The number of thiazole rings is 1. The molecular weight excluding hydrogens is 236 g/mol. The van der Waals surface area contributed by atoms with E-state index in [4.69, 9.17) is 5.73 Å². The van der Waals surface area contributed by atoms with Crippen LogP contribution in [0, 0.1) is 0 Å². The third kappa shape index (κ3) is 3.75. The minimum atomic E-state index is 0.248. The summed E-state index contributed by atoms with van der Waals surface area (Å²) in [5, 5.41) is 2.11. The summed E-state index contributed by atoms with van der Waals surface area (Å²) in [7, 11) is 0. The molecule has 0 aliphatic carbocycles. The topological polar surface area (TPSA) is 38.9 Å². The lowest BCUT2D eigenvalue weighted by molar-refractivity contribution is 0.659. The van der Waals surface area contributed by atoms with E-state index in [-0.39, 0.29) is 6.04 Å². The van der Waals surface area contributed by atoms with Crippen LogP contribution in [0.5, 0.6) is 0 Å². The van der Waals surface area contributed by atoms with E-state index in [1.165, 1.54) is 34.9 Å². The van der Waals surface area contributed by atoms with Gasteiger partial charge in [0, 0.05) is 28.8 Å². The van der Waals surface area contributed by atoms with Crippen molar-refractivity contribution < 1.29 is 0 Å². The van der Waals surface area contributed by atoms with Gasteiger partial charge in [-0.1, -0.05) is 6.42 Å². The van der Waals surface area contributed by atoms with Gasteiger partial charge in [0.15, 0.2) is 0 Å². The highest BCUT2D eigenvalue weighted by Gasteiger charge is 2.16. The van der Waals surface area contributed by atoms with E-state index in [2.05, 4.69) is 23.7 Å². The molecule has 1 aliphatic heterocycles. The predicted octanol–water partition coefficient (Wildman–Crippen LogP) is 2.86. The monoisotopic (exact) mass is 256 g/mol. The highest BCUT2D eigenvalue weighted by Crippen LogP contribution is 2.29. The molecule has 2 N–H and O–H groups in total. The number of hydrogen-bond acceptors (Lipinski definition) is 4. The Morgan fingerprint density at radius 2 is 2.44 bits per heavy atom. The minimum Gasteiger partial charge on any atom is -0.328 e. The molecule has 2 unspecified atom stereocenters. The zero-order chi connectivity index (χ0) is 11.4. The van der Waals surface area contributed by atoms with Crippen molar-refractivity contribution in [3.63, 3.8) is 0 Å². The first-order chi connectivity index (χ1) is 7.74. The molecule has 90 valence electrons. The molecule has 0 radical (unpaired) electrons. The molecule has 1 saturated heterocycles. The second-order valence-electron chi connectivity index (χ2n) is 4.59. The third-order valence-corrected chi connectivity index (χ3v) is 5.24. The fourth-order valence-corrected chi connectivity index (χ4v) is 4.58. The van der Waals surface area contributed by atoms with Crippen molar-refractivity contribution in [2.24, 2.45) is 5.73 Å². The molecule has 16 heavy (non-hydrogen) atoms. The van der Waals surface area contributed by atoms with E-state index in [1.807, 2.05) is 17.5 Å². The normalized spacial score (nSPS) is 23.2. The maximum Gasteiger partial charge on any atom is 0.0938 e. The van der Waals surface area contributed by atoms with Crippen molar-refractivity contribution in [3.05, 3.63) is 16.1 Å². The van der Waals surface area contributed by atoms with Crippen LogP contribution in [0.3, 0.4) is 0 Å². The Kier molecular flexibility index (Phi) is 4.67. The minimum absolute atomic E-state index is 0.248. The molecule has 1 aromatic heterocycles. The number of thioether (sulfide) groups is 1. The van der Waals surface area contributed by atoms with Gasteiger partial charge in [0.1, 0.15) is 0 Å². The van der Waals surface area contributed by atoms with Crippen LogP contribution < -0.4 is 5.73 Å². The fourth-order valence-electron chi connectivity index (χ4n) is 2.02. The van der Waals surface area contributed by atoms with Crippen molar-refractivity contribution in [3.8, 4) is 0 Å². The molecule has 2 rings (SSSR count). The molecule has 0 aromatic carbocycles. The van der Waals surface area contributed by atoms with Gasteiger partial charge in [-0.15, -0.1) is 11.3 Å². The molecule has 1 aromatic rings. The average Bonchev–Trinajstić information content (AvgIpc) is 2.66. The molecule has 2 nitrogen and oxygen atoms in total. The van der Waals surface area contributed by atoms with Gasteiger partial charge in [0.25, 0.3) is 0 Å². The van der Waals surface area contributed by atoms with Gasteiger partial charge in [0.05, 0.1) is 5.01 Å². The van der Waals surface area contributed by atoms with Gasteiger partial charge in [0.2, 0.25) is 0 Å². The SMILES string of the molecule is CC(N)Cc1cnc(CC2CCCCS2)s1. The summed E-state index contributed by atoms with van der Waals surface area (Å²) in [6.07, 6.45) is 8.30. The quantitative estimate of drug-likeness (QED) is 0.900. The van der Waals surface area contributed by atoms with E-state index >= 15 is 0 Å². The number of nitrogens with two attached hydrogens (primary N) is 1. The van der Waals surface area contributed by atoms with Crippen LogP contribution in [0.15, 0.2) is 6.20 Å². The van der Waals surface area contributed by atoms with E-state index < -0.39 is 0 Å². The van der Waals surface area contributed by atoms with Crippen molar-refractivity contribution in [1.82, 2.24) is 4.98 Å². The van der Waals surface area contributed by atoms with E-state index in [0.717, 1.165) is 18.1 Å². The third-order valence-electron chi connectivity index (χ3n) is 2.80. The van der Waals surface area contributed by atoms with Crippen LogP contribution >= 0.6 is 23.1 Å². The number of aromatic nitrogens is 1. The summed E-state index contributed by atoms with van der Waals surface area (Å²) >= 11 is 3.97. The van der Waals surface area contributed by atoms with Crippen molar-refractivity contribution in [2.75, 3.05) is 5.75 Å². The molecule has 0 spiro atoms. The summed E-state index contributed by atoms with van der Waals surface area (Å²) in [5.41, 5.74) is 5.79. The van der Waals surface area contributed by atoms with Crippen LogP contribution in [0.1, 0.15) is 36.1 Å². The van der Waals surface area contributed by atoms with Gasteiger partial charge in [-0.2, -0.15) is 11.8 Å². The average molecular weight is 256 g/mol. The molecule has 0 amide bonds.